The van der Waals surface area contributed by atoms with Gasteiger partial charge in [0, 0.05) is 10.5 Å². The van der Waals surface area contributed by atoms with E-state index in [-0.39, 0.29) is 11.9 Å². The third kappa shape index (κ3) is 1.84. The second-order valence-corrected chi connectivity index (χ2v) is 4.95. The summed E-state index contributed by atoms with van der Waals surface area (Å²) in [4.78, 5) is 0. The van der Waals surface area contributed by atoms with Crippen molar-refractivity contribution in [3.8, 4) is 0 Å². The van der Waals surface area contributed by atoms with Gasteiger partial charge in [0.05, 0.1) is 0 Å². The summed E-state index contributed by atoms with van der Waals surface area (Å²) in [5.41, 5.74) is 6.59. The highest BCUT2D eigenvalue weighted by Crippen LogP contribution is 2.49. The summed E-state index contributed by atoms with van der Waals surface area (Å²) in [6, 6.07) is 5.43. The van der Waals surface area contributed by atoms with Crippen LogP contribution in [0.4, 0.5) is 4.39 Å². The van der Waals surface area contributed by atoms with Gasteiger partial charge in [0.2, 0.25) is 0 Å². The average Bonchev–Trinajstić information content (AvgIpc) is 2.83. The summed E-state index contributed by atoms with van der Waals surface area (Å²) in [6.45, 7) is 1.99. The Morgan fingerprint density at radius 2 is 2.29 bits per heavy atom. The highest BCUT2D eigenvalue weighted by Gasteiger charge is 2.41. The Kier molecular flexibility index (Phi) is 2.62. The van der Waals surface area contributed by atoms with E-state index in [2.05, 4.69) is 15.9 Å². The topological polar surface area (TPSA) is 26.0 Å². The zero-order valence-electron chi connectivity index (χ0n) is 8.00. The van der Waals surface area contributed by atoms with E-state index in [1.807, 2.05) is 19.1 Å². The Hall–Kier alpha value is -0.410. The van der Waals surface area contributed by atoms with Crippen molar-refractivity contribution >= 4 is 15.9 Å². The van der Waals surface area contributed by atoms with Crippen LogP contribution in [0.15, 0.2) is 22.7 Å². The lowest BCUT2D eigenvalue weighted by molar-refractivity contribution is 0.588. The number of rotatable bonds is 2. The van der Waals surface area contributed by atoms with Crippen LogP contribution < -0.4 is 5.73 Å². The van der Waals surface area contributed by atoms with Gasteiger partial charge in [-0.05, 0) is 42.9 Å². The first-order valence-electron chi connectivity index (χ1n) is 4.80. The molecule has 1 aromatic rings. The maximum absolute atomic E-state index is 13.5. The molecule has 0 spiro atoms. The normalized spacial score (nSPS) is 27.4. The number of nitrogens with two attached hydrogens (primary N) is 1. The standard InChI is InChI=1S/C11H13BrFN/c1-6(14)9-5-10(9)8-3-2-7(12)4-11(8)13/h2-4,6,9-10H,5,14H2,1H3. The number of hydrogen-bond acceptors (Lipinski definition) is 1. The third-order valence-corrected chi connectivity index (χ3v) is 3.37. The highest BCUT2D eigenvalue weighted by molar-refractivity contribution is 9.10. The Morgan fingerprint density at radius 1 is 1.57 bits per heavy atom. The fraction of sp³-hybridized carbons (Fsp3) is 0.455. The van der Waals surface area contributed by atoms with Gasteiger partial charge in [-0.3, -0.25) is 0 Å². The molecule has 0 radical (unpaired) electrons. The number of hydrogen-bond donors (Lipinski definition) is 1. The van der Waals surface area contributed by atoms with Gasteiger partial charge in [-0.15, -0.1) is 0 Å². The van der Waals surface area contributed by atoms with E-state index in [4.69, 9.17) is 5.73 Å². The van der Waals surface area contributed by atoms with Crippen molar-refractivity contribution in [1.82, 2.24) is 0 Å². The molecule has 1 aliphatic rings. The number of benzene rings is 1. The van der Waals surface area contributed by atoms with Crippen LogP contribution in [0.1, 0.15) is 24.8 Å². The van der Waals surface area contributed by atoms with Crippen molar-refractivity contribution in [1.29, 1.82) is 0 Å². The molecule has 1 aliphatic carbocycles. The second-order valence-electron chi connectivity index (χ2n) is 4.03. The fourth-order valence-corrected chi connectivity index (χ4v) is 2.29. The first-order chi connectivity index (χ1) is 6.59. The lowest BCUT2D eigenvalue weighted by Gasteiger charge is -2.05. The molecule has 3 heteroatoms. The van der Waals surface area contributed by atoms with Gasteiger partial charge in [-0.1, -0.05) is 22.0 Å². The molecule has 2 N–H and O–H groups in total. The smallest absolute Gasteiger partial charge is 0.127 e. The van der Waals surface area contributed by atoms with Crippen LogP contribution in [-0.2, 0) is 0 Å². The Morgan fingerprint density at radius 3 is 2.79 bits per heavy atom. The Labute approximate surface area is 91.6 Å². The second kappa shape index (κ2) is 3.63. The minimum atomic E-state index is -0.118. The monoisotopic (exact) mass is 257 g/mol. The van der Waals surface area contributed by atoms with E-state index in [1.165, 1.54) is 6.07 Å². The van der Waals surface area contributed by atoms with Crippen LogP contribution in [0.3, 0.4) is 0 Å². The number of halogens is 2. The van der Waals surface area contributed by atoms with E-state index in [0.29, 0.717) is 11.8 Å². The molecular weight excluding hydrogens is 245 g/mol. The van der Waals surface area contributed by atoms with Gasteiger partial charge in [0.25, 0.3) is 0 Å². The van der Waals surface area contributed by atoms with Crippen molar-refractivity contribution < 1.29 is 4.39 Å². The molecule has 0 amide bonds. The molecule has 1 fully saturated rings. The summed E-state index contributed by atoms with van der Waals surface area (Å²) in [6.07, 6.45) is 1.02. The molecule has 1 saturated carbocycles. The first kappa shape index (κ1) is 10.1. The van der Waals surface area contributed by atoms with Crippen LogP contribution in [0.25, 0.3) is 0 Å². The zero-order valence-corrected chi connectivity index (χ0v) is 9.59. The molecule has 3 unspecified atom stereocenters. The quantitative estimate of drug-likeness (QED) is 0.866. The van der Waals surface area contributed by atoms with E-state index in [0.717, 1.165) is 16.5 Å². The molecule has 0 aromatic heterocycles. The fourth-order valence-electron chi connectivity index (χ4n) is 1.96. The maximum atomic E-state index is 13.5. The van der Waals surface area contributed by atoms with Crippen LogP contribution in [0.2, 0.25) is 0 Å². The van der Waals surface area contributed by atoms with E-state index in [1.54, 1.807) is 0 Å². The Balaban J connectivity index is 2.19. The average molecular weight is 258 g/mol. The Bertz CT molecular complexity index is 351. The van der Waals surface area contributed by atoms with E-state index in [9.17, 15) is 4.39 Å². The largest absolute Gasteiger partial charge is 0.328 e. The van der Waals surface area contributed by atoms with Crippen molar-refractivity contribution in [3.63, 3.8) is 0 Å². The molecule has 0 heterocycles. The maximum Gasteiger partial charge on any atom is 0.127 e. The van der Waals surface area contributed by atoms with Gasteiger partial charge in [-0.25, -0.2) is 4.39 Å². The molecule has 14 heavy (non-hydrogen) atoms. The van der Waals surface area contributed by atoms with Gasteiger partial charge >= 0.3 is 0 Å². The van der Waals surface area contributed by atoms with Gasteiger partial charge < -0.3 is 5.73 Å². The molecule has 1 aromatic carbocycles. The van der Waals surface area contributed by atoms with Gasteiger partial charge in [0.1, 0.15) is 5.82 Å². The van der Waals surface area contributed by atoms with Crippen molar-refractivity contribution in [3.05, 3.63) is 34.1 Å². The van der Waals surface area contributed by atoms with Crippen molar-refractivity contribution in [2.75, 3.05) is 0 Å². The molecule has 0 aliphatic heterocycles. The SMILES string of the molecule is CC(N)C1CC1c1ccc(Br)cc1F. The van der Waals surface area contributed by atoms with Crippen molar-refractivity contribution in [2.24, 2.45) is 11.7 Å². The van der Waals surface area contributed by atoms with Crippen LogP contribution in [0.5, 0.6) is 0 Å². The predicted molar refractivity (Wildman–Crippen MR) is 58.6 cm³/mol. The summed E-state index contributed by atoms with van der Waals surface area (Å²) in [5.74, 6) is 0.682. The molecule has 0 bridgehead atoms. The molecule has 0 saturated heterocycles. The van der Waals surface area contributed by atoms with Crippen LogP contribution in [0, 0.1) is 11.7 Å². The minimum Gasteiger partial charge on any atom is -0.328 e. The van der Waals surface area contributed by atoms with Gasteiger partial charge in [-0.2, -0.15) is 0 Å². The predicted octanol–water partition coefficient (Wildman–Crippen LogP) is 3.04. The summed E-state index contributed by atoms with van der Waals surface area (Å²) < 4.78 is 14.3. The zero-order chi connectivity index (χ0) is 10.3. The summed E-state index contributed by atoms with van der Waals surface area (Å²) >= 11 is 3.25. The van der Waals surface area contributed by atoms with Crippen LogP contribution >= 0.6 is 15.9 Å². The molecule has 1 nitrogen and oxygen atoms in total. The summed E-state index contributed by atoms with van der Waals surface area (Å²) in [5, 5.41) is 0. The highest BCUT2D eigenvalue weighted by atomic mass is 79.9. The van der Waals surface area contributed by atoms with E-state index < -0.39 is 0 Å². The van der Waals surface area contributed by atoms with Crippen molar-refractivity contribution in [2.45, 2.75) is 25.3 Å². The van der Waals surface area contributed by atoms with Gasteiger partial charge in [0.15, 0.2) is 0 Å². The van der Waals surface area contributed by atoms with E-state index >= 15 is 0 Å². The molecule has 2 rings (SSSR count). The molecular formula is C11H13BrFN. The lowest BCUT2D eigenvalue weighted by atomic mass is 10.1. The van der Waals surface area contributed by atoms with Crippen LogP contribution in [-0.4, -0.2) is 6.04 Å². The molecule has 76 valence electrons. The first-order valence-corrected chi connectivity index (χ1v) is 5.59. The lowest BCUT2D eigenvalue weighted by Crippen LogP contribution is -2.18. The minimum absolute atomic E-state index is 0.118. The third-order valence-electron chi connectivity index (χ3n) is 2.88. The molecule has 3 atom stereocenters. The summed E-state index contributed by atoms with van der Waals surface area (Å²) in [7, 11) is 0.